The number of hydrogen-bond donors (Lipinski definition) is 0. The maximum Gasteiger partial charge on any atom is 0.102 e. The summed E-state index contributed by atoms with van der Waals surface area (Å²) in [5.41, 5.74) is 0.0437. The molecule has 0 radical (unpaired) electrons. The Balaban J connectivity index is 2.92. The zero-order valence-electron chi connectivity index (χ0n) is 8.69. The van der Waals surface area contributed by atoms with Crippen molar-refractivity contribution < 1.29 is 4.74 Å². The fourth-order valence-electron chi connectivity index (χ4n) is 1.79. The highest BCUT2D eigenvalue weighted by Crippen LogP contribution is 2.51. The molecule has 0 aliphatic carbocycles. The lowest BCUT2D eigenvalue weighted by Gasteiger charge is -2.51. The molecule has 1 aliphatic heterocycles. The van der Waals surface area contributed by atoms with Crippen molar-refractivity contribution in [2.75, 3.05) is 20.3 Å². The molecule has 1 fully saturated rings. The van der Waals surface area contributed by atoms with Crippen molar-refractivity contribution in [1.82, 2.24) is 3.11 Å². The highest BCUT2D eigenvalue weighted by atomic mass is 127. The van der Waals surface area contributed by atoms with E-state index < -0.39 is 0 Å². The summed E-state index contributed by atoms with van der Waals surface area (Å²) in [5, 5.41) is 0. The molecule has 0 saturated carbocycles. The molecule has 0 amide bonds. The average molecular weight is 443 g/mol. The molecule has 3 atom stereocenters. The van der Waals surface area contributed by atoms with E-state index in [1.54, 1.807) is 7.11 Å². The van der Waals surface area contributed by atoms with Crippen LogP contribution >= 0.6 is 57.1 Å². The Labute approximate surface area is 119 Å². The molecule has 0 aromatic carbocycles. The quantitative estimate of drug-likeness (QED) is 0.281. The molecule has 0 spiro atoms. The van der Waals surface area contributed by atoms with E-state index in [4.69, 9.17) is 16.3 Å². The maximum absolute atomic E-state index is 6.47. The third-order valence-corrected chi connectivity index (χ3v) is 7.06. The minimum atomic E-state index is 0.00328. The number of methoxy groups -OCH3 is 1. The summed E-state index contributed by atoms with van der Waals surface area (Å²) < 4.78 is 7.70. The molecular formula is C9H16ClI2NO. The van der Waals surface area contributed by atoms with Crippen molar-refractivity contribution in [1.29, 1.82) is 0 Å². The first-order chi connectivity index (χ1) is 6.35. The van der Waals surface area contributed by atoms with Crippen LogP contribution in [0.4, 0.5) is 0 Å². The number of ether oxygens (including phenoxy) is 1. The van der Waals surface area contributed by atoms with Crippen LogP contribution in [0.2, 0.25) is 0 Å². The summed E-state index contributed by atoms with van der Waals surface area (Å²) in [5.74, 6) is 0. The number of hydrogen-bond acceptors (Lipinski definition) is 2. The second-order valence-electron chi connectivity index (χ2n) is 4.26. The molecule has 2 nitrogen and oxygen atoms in total. The number of halogens is 3. The predicted octanol–water partition coefficient (Wildman–Crippen LogP) is 3.45. The van der Waals surface area contributed by atoms with Gasteiger partial charge in [-0.1, -0.05) is 29.5 Å². The number of nitrogens with zero attached hydrogens (tertiary/aromatic N) is 1. The normalized spacial score (nSPS) is 45.4. The summed E-state index contributed by atoms with van der Waals surface area (Å²) >= 11 is 11.3. The third-order valence-electron chi connectivity index (χ3n) is 3.20. The van der Waals surface area contributed by atoms with Gasteiger partial charge in [0.15, 0.2) is 0 Å². The smallest absolute Gasteiger partial charge is 0.102 e. The molecule has 14 heavy (non-hydrogen) atoms. The van der Waals surface area contributed by atoms with Crippen molar-refractivity contribution in [3.63, 3.8) is 0 Å². The molecule has 0 N–H and O–H groups in total. The Morgan fingerprint density at radius 2 is 2.14 bits per heavy atom. The topological polar surface area (TPSA) is 12.5 Å². The summed E-state index contributed by atoms with van der Waals surface area (Å²) in [6, 6.07) is 0. The molecule has 0 bridgehead atoms. The molecule has 2 unspecified atom stereocenters. The Hall–Kier alpha value is 1.67. The molecule has 1 rings (SSSR count). The van der Waals surface area contributed by atoms with E-state index in [-0.39, 0.29) is 14.3 Å². The van der Waals surface area contributed by atoms with Gasteiger partial charge in [-0.3, -0.25) is 0 Å². The highest BCUT2D eigenvalue weighted by Gasteiger charge is 2.52. The van der Waals surface area contributed by atoms with Crippen molar-refractivity contribution >= 4 is 57.1 Å². The Bertz CT molecular complexity index is 215. The van der Waals surface area contributed by atoms with E-state index in [1.807, 2.05) is 0 Å². The van der Waals surface area contributed by atoms with Gasteiger partial charge < -0.3 is 4.74 Å². The van der Waals surface area contributed by atoms with Crippen molar-refractivity contribution in [3.8, 4) is 0 Å². The largest absolute Gasteiger partial charge is 0.384 e. The zero-order chi connectivity index (χ0) is 11.0. The molecule has 5 heteroatoms. The lowest BCUT2D eigenvalue weighted by atomic mass is 9.74. The lowest BCUT2D eigenvalue weighted by Crippen LogP contribution is -2.57. The standard InChI is InChI=1S/C9H16ClI2NO/c1-8(6-14-3)7(10)13(12)5-4-9(8,2)11/h7H,4-6H2,1-3H3/t7?,8-,9?/m0/s1. The molecule has 0 aromatic heterocycles. The molecular weight excluding hydrogens is 427 g/mol. The fourth-order valence-corrected chi connectivity index (χ4v) is 3.93. The van der Waals surface area contributed by atoms with Crippen LogP contribution in [0, 0.1) is 5.41 Å². The van der Waals surface area contributed by atoms with Gasteiger partial charge in [0.2, 0.25) is 0 Å². The van der Waals surface area contributed by atoms with E-state index in [1.165, 1.54) is 0 Å². The molecule has 1 aliphatic rings. The van der Waals surface area contributed by atoms with Gasteiger partial charge >= 0.3 is 0 Å². The Kier molecular flexibility index (Phi) is 4.80. The van der Waals surface area contributed by atoms with Gasteiger partial charge in [-0.05, 0) is 13.3 Å². The average Bonchev–Trinajstić information content (AvgIpc) is 2.11. The van der Waals surface area contributed by atoms with E-state index in [2.05, 4.69) is 62.4 Å². The lowest BCUT2D eigenvalue weighted by molar-refractivity contribution is 0.0246. The van der Waals surface area contributed by atoms with Crippen LogP contribution in [0.5, 0.6) is 0 Å². The number of rotatable bonds is 2. The Morgan fingerprint density at radius 1 is 1.57 bits per heavy atom. The minimum absolute atomic E-state index is 0.00328. The van der Waals surface area contributed by atoms with Gasteiger partial charge in [-0.15, -0.1) is 11.6 Å². The first-order valence-corrected chi connectivity index (χ1v) is 7.07. The summed E-state index contributed by atoms with van der Waals surface area (Å²) in [7, 11) is 1.74. The van der Waals surface area contributed by atoms with Crippen molar-refractivity contribution in [2.24, 2.45) is 5.41 Å². The monoisotopic (exact) mass is 443 g/mol. The van der Waals surface area contributed by atoms with Crippen LogP contribution in [0.3, 0.4) is 0 Å². The molecule has 1 saturated heterocycles. The number of alkyl halides is 2. The van der Waals surface area contributed by atoms with E-state index in [9.17, 15) is 0 Å². The third kappa shape index (κ3) is 2.33. The van der Waals surface area contributed by atoms with Crippen LogP contribution in [0.15, 0.2) is 0 Å². The van der Waals surface area contributed by atoms with E-state index >= 15 is 0 Å². The van der Waals surface area contributed by atoms with Crippen molar-refractivity contribution in [3.05, 3.63) is 0 Å². The second kappa shape index (κ2) is 4.89. The van der Waals surface area contributed by atoms with E-state index in [0.717, 1.165) is 13.0 Å². The Morgan fingerprint density at radius 3 is 2.64 bits per heavy atom. The summed E-state index contributed by atoms with van der Waals surface area (Å²) in [6.45, 7) is 6.24. The number of piperidine rings is 1. The maximum atomic E-state index is 6.47. The predicted molar refractivity (Wildman–Crippen MR) is 77.4 cm³/mol. The zero-order valence-corrected chi connectivity index (χ0v) is 13.8. The van der Waals surface area contributed by atoms with Crippen LogP contribution in [-0.4, -0.2) is 32.3 Å². The minimum Gasteiger partial charge on any atom is -0.384 e. The molecule has 0 aromatic rings. The van der Waals surface area contributed by atoms with E-state index in [0.29, 0.717) is 6.61 Å². The fraction of sp³-hybridized carbons (Fsp3) is 1.00. The van der Waals surface area contributed by atoms with Gasteiger partial charge in [0.05, 0.1) is 6.61 Å². The van der Waals surface area contributed by atoms with Gasteiger partial charge in [0.1, 0.15) is 5.50 Å². The van der Waals surface area contributed by atoms with Crippen LogP contribution in [0.1, 0.15) is 20.3 Å². The molecule has 1 heterocycles. The van der Waals surface area contributed by atoms with Gasteiger partial charge in [-0.2, -0.15) is 0 Å². The van der Waals surface area contributed by atoms with Crippen LogP contribution in [-0.2, 0) is 4.74 Å². The van der Waals surface area contributed by atoms with Crippen molar-refractivity contribution in [2.45, 2.75) is 29.2 Å². The first-order valence-electron chi connectivity index (χ1n) is 4.59. The molecule has 84 valence electrons. The SMILES string of the molecule is COC[C@@]1(C)C(Cl)N(I)CCC1(C)I. The van der Waals surface area contributed by atoms with Crippen LogP contribution < -0.4 is 0 Å². The highest BCUT2D eigenvalue weighted by molar-refractivity contribution is 14.1. The summed E-state index contributed by atoms with van der Waals surface area (Å²) in [4.78, 5) is 0. The van der Waals surface area contributed by atoms with Gasteiger partial charge in [0, 0.05) is 45.4 Å². The second-order valence-corrected chi connectivity index (χ2v) is 8.29. The summed E-state index contributed by atoms with van der Waals surface area (Å²) in [6.07, 6.45) is 1.15. The van der Waals surface area contributed by atoms with Gasteiger partial charge in [-0.25, -0.2) is 3.11 Å². The van der Waals surface area contributed by atoms with Crippen LogP contribution in [0.25, 0.3) is 0 Å². The first kappa shape index (κ1) is 13.7. The van der Waals surface area contributed by atoms with Gasteiger partial charge in [0.25, 0.3) is 0 Å².